The van der Waals surface area contributed by atoms with Crippen molar-refractivity contribution in [2.75, 3.05) is 4.90 Å². The molecule has 0 saturated carbocycles. The highest BCUT2D eigenvalue weighted by Crippen LogP contribution is 2.63. The molecule has 1 nitrogen and oxygen atoms in total. The predicted molar refractivity (Wildman–Crippen MR) is 263 cm³/mol. The zero-order valence-corrected chi connectivity index (χ0v) is 35.5. The summed E-state index contributed by atoms with van der Waals surface area (Å²) in [6, 6.07) is 77.4. The zero-order chi connectivity index (χ0) is 41.9. The van der Waals surface area contributed by atoms with Crippen LogP contribution in [0.4, 0.5) is 11.4 Å². The van der Waals surface area contributed by atoms with Crippen LogP contribution >= 0.6 is 0 Å². The standard InChI is InChI=1S/C62H45N/c1-61(2)53-24-12-8-23-50(53)52-39-45(34-36-54(52)61)63(59-37-31-41-16-6-7-19-46(41)60(59)42-17-4-3-5-18-42)44-32-28-40(29-33-44)43-30-35-51-49-22-11-15-27-57(49)62(58(51)38-43)55-25-13-9-20-47(55)48-21-10-14-26-56(48)62/h3-38,52H,39H2,1-2H3. The molecule has 298 valence electrons. The van der Waals surface area contributed by atoms with Crippen molar-refractivity contribution in [3.63, 3.8) is 0 Å². The average Bonchev–Trinajstić information content (AvgIpc) is 3.90. The summed E-state index contributed by atoms with van der Waals surface area (Å²) in [6.45, 7) is 4.79. The number of allylic oxidation sites excluding steroid dienone is 4. The van der Waals surface area contributed by atoms with Gasteiger partial charge in [0.15, 0.2) is 0 Å². The van der Waals surface area contributed by atoms with Crippen LogP contribution in [0.2, 0.25) is 0 Å². The van der Waals surface area contributed by atoms with E-state index in [2.05, 4.69) is 237 Å². The topological polar surface area (TPSA) is 3.24 Å². The fraction of sp³-hybridized carbons (Fsp3) is 0.0968. The zero-order valence-electron chi connectivity index (χ0n) is 35.5. The monoisotopic (exact) mass is 803 g/mol. The SMILES string of the molecule is CC1(C)C2=CC=C(N(c3ccc(-c4ccc5c(c4)C4(c6ccccc6-c6ccccc64)c4ccccc4-5)cc3)c3ccc4ccccc4c3-c3ccccc3)CC2c2ccccc21. The molecule has 4 aliphatic carbocycles. The molecular weight excluding hydrogens is 759 g/mol. The van der Waals surface area contributed by atoms with Gasteiger partial charge in [-0.15, -0.1) is 0 Å². The first-order chi connectivity index (χ1) is 31.0. The molecular formula is C62H45N. The van der Waals surface area contributed by atoms with Crippen molar-refractivity contribution in [2.24, 2.45) is 0 Å². The van der Waals surface area contributed by atoms with E-state index in [0.29, 0.717) is 5.92 Å². The largest absolute Gasteiger partial charge is 0.314 e. The number of hydrogen-bond acceptors (Lipinski definition) is 1. The molecule has 0 fully saturated rings. The van der Waals surface area contributed by atoms with Gasteiger partial charge in [0.25, 0.3) is 0 Å². The summed E-state index contributed by atoms with van der Waals surface area (Å²) in [5.41, 5.74) is 23.4. The van der Waals surface area contributed by atoms with Crippen LogP contribution in [-0.2, 0) is 10.8 Å². The Morgan fingerprint density at radius 1 is 0.444 bits per heavy atom. The van der Waals surface area contributed by atoms with Gasteiger partial charge < -0.3 is 4.90 Å². The number of nitrogens with zero attached hydrogens (tertiary/aromatic N) is 1. The molecule has 0 bridgehead atoms. The molecule has 0 heterocycles. The van der Waals surface area contributed by atoms with Crippen LogP contribution in [0, 0.1) is 0 Å². The Labute approximate surface area is 370 Å². The first kappa shape index (κ1) is 36.2. The Balaban J connectivity index is 0.977. The van der Waals surface area contributed by atoms with E-state index in [4.69, 9.17) is 0 Å². The molecule has 63 heavy (non-hydrogen) atoms. The summed E-state index contributed by atoms with van der Waals surface area (Å²) >= 11 is 0. The maximum Gasteiger partial charge on any atom is 0.0725 e. The molecule has 9 aromatic carbocycles. The van der Waals surface area contributed by atoms with E-state index >= 15 is 0 Å². The molecule has 0 aliphatic heterocycles. The summed E-state index contributed by atoms with van der Waals surface area (Å²) in [4.78, 5) is 2.56. The Morgan fingerprint density at radius 2 is 1.02 bits per heavy atom. The van der Waals surface area contributed by atoms with E-state index in [1.807, 2.05) is 0 Å². The third kappa shape index (κ3) is 5.05. The van der Waals surface area contributed by atoms with E-state index in [-0.39, 0.29) is 10.8 Å². The van der Waals surface area contributed by atoms with Crippen LogP contribution in [0.3, 0.4) is 0 Å². The fourth-order valence-electron chi connectivity index (χ4n) is 12.2. The van der Waals surface area contributed by atoms with Gasteiger partial charge in [0.2, 0.25) is 0 Å². The van der Waals surface area contributed by atoms with Gasteiger partial charge in [-0.05, 0) is 120 Å². The molecule has 4 aliphatic rings. The summed E-state index contributed by atoms with van der Waals surface area (Å²) in [6.07, 6.45) is 5.77. The normalized spacial score (nSPS) is 16.6. The summed E-state index contributed by atoms with van der Waals surface area (Å²) < 4.78 is 0. The van der Waals surface area contributed by atoms with Crippen molar-refractivity contribution in [2.45, 2.75) is 37.0 Å². The van der Waals surface area contributed by atoms with Crippen LogP contribution in [0.1, 0.15) is 59.6 Å². The van der Waals surface area contributed by atoms with Gasteiger partial charge in [-0.1, -0.05) is 207 Å². The number of anilines is 2. The predicted octanol–water partition coefficient (Wildman–Crippen LogP) is 15.9. The molecule has 0 aromatic heterocycles. The minimum atomic E-state index is -0.372. The Morgan fingerprint density at radius 3 is 1.71 bits per heavy atom. The van der Waals surface area contributed by atoms with Crippen LogP contribution in [0.15, 0.2) is 230 Å². The molecule has 1 heteroatoms. The van der Waals surface area contributed by atoms with E-state index < -0.39 is 0 Å². The van der Waals surface area contributed by atoms with Gasteiger partial charge in [-0.2, -0.15) is 0 Å². The minimum Gasteiger partial charge on any atom is -0.314 e. The molecule has 0 saturated heterocycles. The quantitative estimate of drug-likeness (QED) is 0.168. The van der Waals surface area contributed by atoms with Gasteiger partial charge in [0, 0.05) is 28.3 Å². The van der Waals surface area contributed by atoms with Crippen LogP contribution < -0.4 is 4.90 Å². The first-order valence-electron chi connectivity index (χ1n) is 22.4. The number of benzene rings is 9. The van der Waals surface area contributed by atoms with E-state index in [9.17, 15) is 0 Å². The smallest absolute Gasteiger partial charge is 0.0725 e. The highest BCUT2D eigenvalue weighted by molar-refractivity contribution is 6.05. The van der Waals surface area contributed by atoms with Crippen molar-refractivity contribution in [1.82, 2.24) is 0 Å². The van der Waals surface area contributed by atoms with Crippen LogP contribution in [-0.4, -0.2) is 0 Å². The second kappa shape index (κ2) is 13.5. The maximum absolute atomic E-state index is 2.56. The molecule has 0 radical (unpaired) electrons. The summed E-state index contributed by atoms with van der Waals surface area (Å²) in [7, 11) is 0. The van der Waals surface area contributed by atoms with Crippen molar-refractivity contribution in [3.05, 3.63) is 263 Å². The van der Waals surface area contributed by atoms with Crippen LogP contribution in [0.25, 0.3) is 55.3 Å². The van der Waals surface area contributed by atoms with E-state index in [1.54, 1.807) is 0 Å². The average molecular weight is 804 g/mol. The third-order valence-electron chi connectivity index (χ3n) is 14.9. The molecule has 0 amide bonds. The van der Waals surface area contributed by atoms with Crippen molar-refractivity contribution in [3.8, 4) is 44.5 Å². The highest BCUT2D eigenvalue weighted by Gasteiger charge is 2.51. The summed E-state index contributed by atoms with van der Waals surface area (Å²) in [5, 5.41) is 2.50. The lowest BCUT2D eigenvalue weighted by Gasteiger charge is -2.35. The Kier molecular flexibility index (Phi) is 7.76. The van der Waals surface area contributed by atoms with Gasteiger partial charge in [-0.25, -0.2) is 0 Å². The molecule has 1 atom stereocenters. The lowest BCUT2D eigenvalue weighted by Crippen LogP contribution is -2.25. The van der Waals surface area contributed by atoms with Crippen molar-refractivity contribution < 1.29 is 0 Å². The minimum absolute atomic E-state index is 0.00756. The van der Waals surface area contributed by atoms with Crippen molar-refractivity contribution >= 4 is 22.1 Å². The Hall–Kier alpha value is -7.48. The third-order valence-corrected chi connectivity index (χ3v) is 14.9. The Bertz CT molecular complexity index is 3340. The van der Waals surface area contributed by atoms with E-state index in [1.165, 1.54) is 106 Å². The number of fused-ring (bicyclic) bond motifs is 14. The molecule has 13 rings (SSSR count). The first-order valence-corrected chi connectivity index (χ1v) is 22.4. The number of hydrogen-bond donors (Lipinski definition) is 0. The number of rotatable bonds is 5. The van der Waals surface area contributed by atoms with Gasteiger partial charge in [0.05, 0.1) is 11.1 Å². The molecule has 1 unspecified atom stereocenters. The lowest BCUT2D eigenvalue weighted by atomic mass is 9.70. The molecule has 0 N–H and O–H groups in total. The van der Waals surface area contributed by atoms with Gasteiger partial charge >= 0.3 is 0 Å². The fourth-order valence-corrected chi connectivity index (χ4v) is 12.2. The van der Waals surface area contributed by atoms with Crippen LogP contribution in [0.5, 0.6) is 0 Å². The summed E-state index contributed by atoms with van der Waals surface area (Å²) in [5.74, 6) is 0.326. The van der Waals surface area contributed by atoms with E-state index in [0.717, 1.165) is 12.1 Å². The molecule has 1 spiro atoms. The van der Waals surface area contributed by atoms with Gasteiger partial charge in [-0.3, -0.25) is 0 Å². The second-order valence-corrected chi connectivity index (χ2v) is 18.3. The van der Waals surface area contributed by atoms with Crippen molar-refractivity contribution in [1.29, 1.82) is 0 Å². The molecule has 9 aromatic rings. The lowest BCUT2D eigenvalue weighted by molar-refractivity contribution is 0.605. The maximum atomic E-state index is 2.56. The van der Waals surface area contributed by atoms with Gasteiger partial charge in [0.1, 0.15) is 0 Å². The highest BCUT2D eigenvalue weighted by atomic mass is 15.2. The second-order valence-electron chi connectivity index (χ2n) is 18.3.